The number of hydrogen-bond acceptors (Lipinski definition) is 5. The van der Waals surface area contributed by atoms with Crippen molar-refractivity contribution in [3.05, 3.63) is 92.9 Å². The first-order valence-electron chi connectivity index (χ1n) is 10.2. The Morgan fingerprint density at radius 2 is 1.69 bits per heavy atom. The molecule has 0 aliphatic heterocycles. The Morgan fingerprint density at radius 1 is 0.969 bits per heavy atom. The molecule has 0 unspecified atom stereocenters. The molecule has 9 nitrogen and oxygen atoms in total. The van der Waals surface area contributed by atoms with Crippen LogP contribution in [-0.2, 0) is 27.2 Å². The van der Waals surface area contributed by atoms with Gasteiger partial charge in [0.1, 0.15) is 0 Å². The van der Waals surface area contributed by atoms with Crippen molar-refractivity contribution >= 4 is 22.8 Å². The molecule has 0 radical (unpaired) electrons. The van der Waals surface area contributed by atoms with Gasteiger partial charge in [0.2, 0.25) is 0 Å². The van der Waals surface area contributed by atoms with Crippen molar-refractivity contribution in [2.75, 3.05) is 11.9 Å². The zero-order valence-electron chi connectivity index (χ0n) is 17.9. The third-order valence-electron chi connectivity index (χ3n) is 5.35. The Balaban J connectivity index is 1.47. The number of aryl methyl sites for hydroxylation is 1. The van der Waals surface area contributed by atoms with Crippen molar-refractivity contribution in [1.29, 1.82) is 0 Å². The summed E-state index contributed by atoms with van der Waals surface area (Å²) in [6, 6.07) is 17.0. The van der Waals surface area contributed by atoms with Gasteiger partial charge in [0, 0.05) is 39.4 Å². The van der Waals surface area contributed by atoms with E-state index in [1.165, 1.54) is 11.6 Å². The second kappa shape index (κ2) is 8.93. The van der Waals surface area contributed by atoms with E-state index in [2.05, 4.69) is 15.6 Å². The van der Waals surface area contributed by atoms with Crippen LogP contribution in [0, 0.1) is 0 Å². The smallest absolute Gasteiger partial charge is 0.332 e. The molecule has 0 saturated heterocycles. The number of carbonyl (C=O) groups is 1. The Morgan fingerprint density at radius 3 is 2.47 bits per heavy atom. The minimum atomic E-state index is -0.415. The van der Waals surface area contributed by atoms with Gasteiger partial charge in [-0.1, -0.05) is 42.5 Å². The van der Waals surface area contributed by atoms with Gasteiger partial charge in [0.15, 0.2) is 11.2 Å². The van der Waals surface area contributed by atoms with Crippen LogP contribution in [0.1, 0.15) is 15.9 Å². The molecule has 4 rings (SSSR count). The molecule has 0 saturated carbocycles. The number of nitrogens with one attached hydrogen (secondary N) is 2. The van der Waals surface area contributed by atoms with E-state index in [0.717, 1.165) is 10.1 Å². The number of para-hydroxylation sites is 1. The predicted molar refractivity (Wildman–Crippen MR) is 123 cm³/mol. The highest BCUT2D eigenvalue weighted by Crippen LogP contribution is 2.15. The van der Waals surface area contributed by atoms with Gasteiger partial charge in [0.25, 0.3) is 11.5 Å². The van der Waals surface area contributed by atoms with Crippen molar-refractivity contribution < 1.29 is 4.79 Å². The molecule has 4 aromatic rings. The summed E-state index contributed by atoms with van der Waals surface area (Å²) < 4.78 is 4.13. The van der Waals surface area contributed by atoms with Crippen LogP contribution in [0.25, 0.3) is 11.2 Å². The minimum absolute atomic E-state index is 0.172. The number of fused-ring (bicyclic) bond motifs is 1. The molecular weight excluding hydrogens is 408 g/mol. The maximum Gasteiger partial charge on any atom is 0.332 e. The van der Waals surface area contributed by atoms with Gasteiger partial charge in [-0.05, 0) is 17.7 Å². The highest BCUT2D eigenvalue weighted by Gasteiger charge is 2.15. The molecule has 164 valence electrons. The molecule has 2 aromatic heterocycles. The van der Waals surface area contributed by atoms with Gasteiger partial charge in [-0.25, -0.2) is 9.78 Å². The molecular formula is C23H24N6O3. The average molecular weight is 432 g/mol. The fourth-order valence-corrected chi connectivity index (χ4v) is 3.59. The number of rotatable bonds is 7. The van der Waals surface area contributed by atoms with Gasteiger partial charge < -0.3 is 15.2 Å². The zero-order valence-corrected chi connectivity index (χ0v) is 17.9. The minimum Gasteiger partial charge on any atom is -0.383 e. The van der Waals surface area contributed by atoms with Crippen LogP contribution in [0.2, 0.25) is 0 Å². The van der Waals surface area contributed by atoms with Crippen molar-refractivity contribution in [2.45, 2.75) is 13.1 Å². The van der Waals surface area contributed by atoms with E-state index in [9.17, 15) is 14.4 Å². The standard InChI is InChI=1S/C23H24N6O3/c1-27-20-19(22(31)28(2)23(27)32)29(15-26-20)13-12-24-18-11-7-6-10-17(18)21(30)25-14-16-8-4-3-5-9-16/h3-11,15,24H,12-14H2,1-2H3,(H,25,30). The lowest BCUT2D eigenvalue weighted by molar-refractivity contribution is 0.0951. The van der Waals surface area contributed by atoms with Crippen LogP contribution < -0.4 is 21.9 Å². The van der Waals surface area contributed by atoms with E-state index in [1.54, 1.807) is 24.0 Å². The first-order chi connectivity index (χ1) is 15.5. The molecule has 32 heavy (non-hydrogen) atoms. The monoisotopic (exact) mass is 432 g/mol. The van der Waals surface area contributed by atoms with Gasteiger partial charge in [0.05, 0.1) is 11.9 Å². The number of carbonyl (C=O) groups excluding carboxylic acids is 1. The molecule has 1 amide bonds. The Labute approximate surface area is 183 Å². The molecule has 2 aromatic carbocycles. The summed E-state index contributed by atoms with van der Waals surface area (Å²) in [7, 11) is 3.04. The van der Waals surface area contributed by atoms with Crippen molar-refractivity contribution in [1.82, 2.24) is 24.0 Å². The molecule has 2 N–H and O–H groups in total. The molecule has 0 aliphatic rings. The van der Waals surface area contributed by atoms with Crippen LogP contribution in [0.4, 0.5) is 5.69 Å². The predicted octanol–water partition coefficient (Wildman–Crippen LogP) is 1.48. The summed E-state index contributed by atoms with van der Waals surface area (Å²) in [5, 5.41) is 6.21. The van der Waals surface area contributed by atoms with E-state index in [0.29, 0.717) is 42.0 Å². The molecule has 0 bridgehead atoms. The SMILES string of the molecule is Cn1c(=O)c2c(ncn2CCNc2ccccc2C(=O)NCc2ccccc2)n(C)c1=O. The van der Waals surface area contributed by atoms with E-state index in [1.807, 2.05) is 48.5 Å². The molecule has 0 fully saturated rings. The normalized spacial score (nSPS) is 10.9. The maximum absolute atomic E-state index is 12.7. The summed E-state index contributed by atoms with van der Waals surface area (Å²) in [5.74, 6) is -0.172. The number of imidazole rings is 1. The third kappa shape index (κ3) is 4.04. The van der Waals surface area contributed by atoms with Gasteiger partial charge >= 0.3 is 5.69 Å². The summed E-state index contributed by atoms with van der Waals surface area (Å²) in [6.07, 6.45) is 1.55. The van der Waals surface area contributed by atoms with Crippen LogP contribution in [0.3, 0.4) is 0 Å². The maximum atomic E-state index is 12.7. The van der Waals surface area contributed by atoms with Crippen molar-refractivity contribution in [3.63, 3.8) is 0 Å². The Bertz CT molecular complexity index is 1380. The van der Waals surface area contributed by atoms with Crippen molar-refractivity contribution in [3.8, 4) is 0 Å². The number of benzene rings is 2. The van der Waals surface area contributed by atoms with Gasteiger partial charge in [-0.2, -0.15) is 0 Å². The number of aromatic nitrogens is 4. The van der Waals surface area contributed by atoms with Crippen molar-refractivity contribution in [2.24, 2.45) is 14.1 Å². The van der Waals surface area contributed by atoms with Crippen LogP contribution >= 0.6 is 0 Å². The second-order valence-corrected chi connectivity index (χ2v) is 7.46. The lowest BCUT2D eigenvalue weighted by atomic mass is 10.1. The number of amides is 1. The number of anilines is 1. The summed E-state index contributed by atoms with van der Waals surface area (Å²) in [4.78, 5) is 41.6. The fourth-order valence-electron chi connectivity index (χ4n) is 3.59. The molecule has 0 spiro atoms. The molecule has 0 atom stereocenters. The average Bonchev–Trinajstić information content (AvgIpc) is 3.25. The van der Waals surface area contributed by atoms with E-state index >= 15 is 0 Å². The second-order valence-electron chi connectivity index (χ2n) is 7.46. The quantitative estimate of drug-likeness (QED) is 0.461. The van der Waals surface area contributed by atoms with Crippen LogP contribution in [0.15, 0.2) is 70.5 Å². The molecule has 9 heteroatoms. The Kier molecular flexibility index (Phi) is 5.89. The highest BCUT2D eigenvalue weighted by molar-refractivity contribution is 5.99. The number of nitrogens with zero attached hydrogens (tertiary/aromatic N) is 4. The molecule has 2 heterocycles. The Hall–Kier alpha value is -4.14. The fraction of sp³-hybridized carbons (Fsp3) is 0.217. The van der Waals surface area contributed by atoms with Gasteiger partial charge in [-0.15, -0.1) is 0 Å². The van der Waals surface area contributed by atoms with E-state index in [4.69, 9.17) is 0 Å². The topological polar surface area (TPSA) is 103 Å². The lowest BCUT2D eigenvalue weighted by Crippen LogP contribution is -2.37. The van der Waals surface area contributed by atoms with Crippen LogP contribution in [-0.4, -0.2) is 31.1 Å². The van der Waals surface area contributed by atoms with E-state index in [-0.39, 0.29) is 11.5 Å². The van der Waals surface area contributed by atoms with Crippen LogP contribution in [0.5, 0.6) is 0 Å². The lowest BCUT2D eigenvalue weighted by Gasteiger charge is -2.13. The number of hydrogen-bond donors (Lipinski definition) is 2. The highest BCUT2D eigenvalue weighted by atomic mass is 16.2. The first-order valence-corrected chi connectivity index (χ1v) is 10.2. The third-order valence-corrected chi connectivity index (χ3v) is 5.35. The van der Waals surface area contributed by atoms with E-state index < -0.39 is 5.69 Å². The largest absolute Gasteiger partial charge is 0.383 e. The zero-order chi connectivity index (χ0) is 22.7. The first kappa shape index (κ1) is 21.1. The summed E-state index contributed by atoms with van der Waals surface area (Å²) in [5.41, 5.74) is 2.17. The molecule has 0 aliphatic carbocycles. The van der Waals surface area contributed by atoms with Gasteiger partial charge in [-0.3, -0.25) is 18.7 Å². The summed E-state index contributed by atoms with van der Waals surface area (Å²) in [6.45, 7) is 1.33. The summed E-state index contributed by atoms with van der Waals surface area (Å²) >= 11 is 0.